The summed E-state index contributed by atoms with van der Waals surface area (Å²) in [6.45, 7) is 4.00. The number of nitrogens with zero attached hydrogens (tertiary/aromatic N) is 3. The number of benzene rings is 6. The lowest BCUT2D eigenvalue weighted by Gasteiger charge is -2.13. The van der Waals surface area contributed by atoms with Crippen molar-refractivity contribution in [1.82, 2.24) is 15.0 Å². The summed E-state index contributed by atoms with van der Waals surface area (Å²) in [5.41, 5.74) is 2.94. The highest BCUT2D eigenvalue weighted by atomic mass is 15.0. The van der Waals surface area contributed by atoms with Gasteiger partial charge in [-0.3, -0.25) is 0 Å². The Balaban J connectivity index is 0.00000129. The molecule has 0 radical (unpaired) electrons. The second kappa shape index (κ2) is 10.2. The first kappa shape index (κ1) is 23.5. The van der Waals surface area contributed by atoms with Crippen LogP contribution >= 0.6 is 0 Å². The smallest absolute Gasteiger partial charge is 0.164 e. The molecule has 1 aromatic heterocycles. The Morgan fingerprint density at radius 3 is 1.50 bits per heavy atom. The van der Waals surface area contributed by atoms with E-state index in [1.165, 1.54) is 26.9 Å². The molecule has 0 saturated carbocycles. The van der Waals surface area contributed by atoms with Crippen LogP contribution < -0.4 is 0 Å². The van der Waals surface area contributed by atoms with Crippen molar-refractivity contribution in [2.45, 2.75) is 13.8 Å². The zero-order valence-electron chi connectivity index (χ0n) is 21.5. The van der Waals surface area contributed by atoms with Crippen molar-refractivity contribution in [3.63, 3.8) is 0 Å². The van der Waals surface area contributed by atoms with Gasteiger partial charge in [-0.1, -0.05) is 135 Å². The van der Waals surface area contributed by atoms with Crippen LogP contribution in [-0.4, -0.2) is 15.0 Å². The normalized spacial score (nSPS) is 10.9. The molecule has 6 aromatic carbocycles. The number of hydrogen-bond donors (Lipinski definition) is 0. The number of fused-ring (bicyclic) bond motifs is 5. The standard InChI is InChI=1S/C33H21N3.C2H6/c1-3-12-23(13-4-1)31-34-32(24-14-5-2-6-15-24)36-33(35-31)29-21-25-20-19-22-11-7-8-16-26(22)30(25)28-18-10-9-17-27(28)29;1-2/h1-21H;1-2H3. The summed E-state index contributed by atoms with van der Waals surface area (Å²) >= 11 is 0. The molecular formula is C35H27N3. The van der Waals surface area contributed by atoms with Crippen molar-refractivity contribution >= 4 is 32.3 Å². The van der Waals surface area contributed by atoms with Crippen molar-refractivity contribution in [3.05, 3.63) is 127 Å². The Hall–Kier alpha value is -4.89. The monoisotopic (exact) mass is 489 g/mol. The van der Waals surface area contributed by atoms with Gasteiger partial charge in [0.1, 0.15) is 0 Å². The van der Waals surface area contributed by atoms with Gasteiger partial charge in [0.05, 0.1) is 0 Å². The molecule has 7 rings (SSSR count). The van der Waals surface area contributed by atoms with E-state index in [2.05, 4.69) is 66.7 Å². The van der Waals surface area contributed by atoms with Gasteiger partial charge >= 0.3 is 0 Å². The summed E-state index contributed by atoms with van der Waals surface area (Å²) in [7, 11) is 0. The van der Waals surface area contributed by atoms with Gasteiger partial charge in [-0.25, -0.2) is 15.0 Å². The van der Waals surface area contributed by atoms with Crippen molar-refractivity contribution in [3.8, 4) is 34.2 Å². The van der Waals surface area contributed by atoms with E-state index in [1.807, 2.05) is 74.5 Å². The first-order valence-corrected chi connectivity index (χ1v) is 13.1. The van der Waals surface area contributed by atoms with Gasteiger partial charge < -0.3 is 0 Å². The molecule has 3 nitrogen and oxygen atoms in total. The minimum Gasteiger partial charge on any atom is -0.208 e. The molecule has 0 aliphatic rings. The molecule has 0 N–H and O–H groups in total. The fraction of sp³-hybridized carbons (Fsp3) is 0.0571. The van der Waals surface area contributed by atoms with Crippen LogP contribution in [0.15, 0.2) is 127 Å². The SMILES string of the molecule is CC.c1ccc(-c2nc(-c3ccccc3)nc(-c3cc4ccc5ccccc5c4c4ccccc34)n2)cc1. The topological polar surface area (TPSA) is 38.7 Å². The molecule has 38 heavy (non-hydrogen) atoms. The van der Waals surface area contributed by atoms with Gasteiger partial charge in [-0.2, -0.15) is 0 Å². The van der Waals surface area contributed by atoms with Crippen LogP contribution in [-0.2, 0) is 0 Å². The molecule has 0 aliphatic carbocycles. The molecule has 0 amide bonds. The third kappa shape index (κ3) is 4.18. The largest absolute Gasteiger partial charge is 0.208 e. The summed E-state index contributed by atoms with van der Waals surface area (Å²) in [6.07, 6.45) is 0. The summed E-state index contributed by atoms with van der Waals surface area (Å²) in [6, 6.07) is 43.9. The lowest BCUT2D eigenvalue weighted by atomic mass is 9.93. The summed E-state index contributed by atoms with van der Waals surface area (Å²) in [5, 5.41) is 7.25. The highest BCUT2D eigenvalue weighted by Gasteiger charge is 2.16. The third-order valence-electron chi connectivity index (χ3n) is 6.69. The molecular weight excluding hydrogens is 462 g/mol. The zero-order valence-corrected chi connectivity index (χ0v) is 21.5. The van der Waals surface area contributed by atoms with Gasteiger partial charge in [0.15, 0.2) is 17.5 Å². The van der Waals surface area contributed by atoms with E-state index in [-0.39, 0.29) is 0 Å². The number of hydrogen-bond acceptors (Lipinski definition) is 3. The quantitative estimate of drug-likeness (QED) is 0.232. The third-order valence-corrected chi connectivity index (χ3v) is 6.69. The van der Waals surface area contributed by atoms with Crippen molar-refractivity contribution in [2.75, 3.05) is 0 Å². The number of rotatable bonds is 3. The molecule has 182 valence electrons. The zero-order chi connectivity index (χ0) is 25.9. The maximum absolute atomic E-state index is 5.00. The van der Waals surface area contributed by atoms with E-state index in [4.69, 9.17) is 15.0 Å². The summed E-state index contributed by atoms with van der Waals surface area (Å²) in [4.78, 5) is 14.9. The van der Waals surface area contributed by atoms with E-state index < -0.39 is 0 Å². The maximum Gasteiger partial charge on any atom is 0.164 e. The Morgan fingerprint density at radius 1 is 0.395 bits per heavy atom. The highest BCUT2D eigenvalue weighted by Crippen LogP contribution is 2.38. The van der Waals surface area contributed by atoms with Crippen LogP contribution in [0.1, 0.15) is 13.8 Å². The van der Waals surface area contributed by atoms with E-state index in [0.717, 1.165) is 22.1 Å². The van der Waals surface area contributed by atoms with Crippen LogP contribution in [0.4, 0.5) is 0 Å². The van der Waals surface area contributed by atoms with Crippen LogP contribution in [0.3, 0.4) is 0 Å². The fourth-order valence-corrected chi connectivity index (χ4v) is 4.99. The fourth-order valence-electron chi connectivity index (χ4n) is 4.99. The lowest BCUT2D eigenvalue weighted by Crippen LogP contribution is -2.00. The first-order valence-electron chi connectivity index (χ1n) is 13.1. The van der Waals surface area contributed by atoms with Crippen molar-refractivity contribution in [2.24, 2.45) is 0 Å². The van der Waals surface area contributed by atoms with Gasteiger partial charge in [0.2, 0.25) is 0 Å². The Bertz CT molecular complexity index is 1820. The Kier molecular flexibility index (Phi) is 6.33. The lowest BCUT2D eigenvalue weighted by molar-refractivity contribution is 1.08. The summed E-state index contributed by atoms with van der Waals surface area (Å²) in [5.74, 6) is 2.01. The molecule has 0 atom stereocenters. The van der Waals surface area contributed by atoms with Crippen LogP contribution in [0.5, 0.6) is 0 Å². The highest BCUT2D eigenvalue weighted by molar-refractivity contribution is 6.23. The van der Waals surface area contributed by atoms with Gasteiger partial charge in [0.25, 0.3) is 0 Å². The van der Waals surface area contributed by atoms with Crippen LogP contribution in [0, 0.1) is 0 Å². The van der Waals surface area contributed by atoms with Gasteiger partial charge in [-0.05, 0) is 38.4 Å². The molecule has 7 aromatic rings. The molecule has 0 saturated heterocycles. The van der Waals surface area contributed by atoms with E-state index in [0.29, 0.717) is 17.5 Å². The predicted molar refractivity (Wildman–Crippen MR) is 160 cm³/mol. The molecule has 0 bridgehead atoms. The van der Waals surface area contributed by atoms with Gasteiger partial charge in [-0.15, -0.1) is 0 Å². The molecule has 1 heterocycles. The van der Waals surface area contributed by atoms with Gasteiger partial charge in [0, 0.05) is 16.7 Å². The molecule has 0 spiro atoms. The first-order chi connectivity index (χ1) is 18.8. The van der Waals surface area contributed by atoms with E-state index >= 15 is 0 Å². The minimum atomic E-state index is 0.669. The minimum absolute atomic E-state index is 0.669. The van der Waals surface area contributed by atoms with Crippen LogP contribution in [0.25, 0.3) is 66.5 Å². The number of aromatic nitrogens is 3. The Morgan fingerprint density at radius 2 is 0.868 bits per heavy atom. The van der Waals surface area contributed by atoms with E-state index in [1.54, 1.807) is 0 Å². The predicted octanol–water partition coefficient (Wildman–Crippen LogP) is 9.36. The summed E-state index contributed by atoms with van der Waals surface area (Å²) < 4.78 is 0. The molecule has 0 aliphatic heterocycles. The molecule has 0 unspecified atom stereocenters. The average Bonchev–Trinajstić information content (AvgIpc) is 3.02. The van der Waals surface area contributed by atoms with Crippen LogP contribution in [0.2, 0.25) is 0 Å². The van der Waals surface area contributed by atoms with E-state index in [9.17, 15) is 0 Å². The maximum atomic E-state index is 5.00. The average molecular weight is 490 g/mol. The molecule has 0 fully saturated rings. The Labute approximate surface area is 222 Å². The molecule has 3 heteroatoms. The second-order valence-electron chi connectivity index (χ2n) is 8.89. The second-order valence-corrected chi connectivity index (χ2v) is 8.89. The van der Waals surface area contributed by atoms with Crippen molar-refractivity contribution in [1.29, 1.82) is 0 Å². The van der Waals surface area contributed by atoms with Crippen molar-refractivity contribution < 1.29 is 0 Å².